The molecule has 3 aromatic rings. The molecule has 1 aromatic carbocycles. The second kappa shape index (κ2) is 9.14. The number of pyridine rings is 2. The number of rotatable bonds is 4. The van der Waals surface area contributed by atoms with Crippen LogP contribution in [0.15, 0.2) is 35.1 Å². The molecule has 0 N–H and O–H groups in total. The van der Waals surface area contributed by atoms with Crippen molar-refractivity contribution in [3.05, 3.63) is 62.8 Å². The summed E-state index contributed by atoms with van der Waals surface area (Å²) in [6.07, 6.45) is 1.60. The number of fused-ring (bicyclic) bond motifs is 5. The van der Waals surface area contributed by atoms with Crippen molar-refractivity contribution in [2.45, 2.75) is 44.8 Å². The van der Waals surface area contributed by atoms with Gasteiger partial charge in [0.15, 0.2) is 0 Å². The number of hydrogen-bond acceptors (Lipinski definition) is 6. The van der Waals surface area contributed by atoms with Gasteiger partial charge < -0.3 is 14.2 Å². The Bertz CT molecular complexity index is 1400. The molecule has 5 rings (SSSR count). The van der Waals surface area contributed by atoms with E-state index in [1.807, 2.05) is 0 Å². The zero-order chi connectivity index (χ0) is 24.9. The predicted molar refractivity (Wildman–Crippen MR) is 134 cm³/mol. The summed E-state index contributed by atoms with van der Waals surface area (Å²) in [7, 11) is 1.69. The highest BCUT2D eigenvalue weighted by Crippen LogP contribution is 2.41. The van der Waals surface area contributed by atoms with E-state index < -0.39 is 0 Å². The normalized spacial score (nSPS) is 20.6. The molecule has 2 aromatic heterocycles. The molecule has 0 aliphatic carbocycles. The number of nitriles is 1. The number of benzene rings is 1. The molecule has 3 atom stereocenters. The van der Waals surface area contributed by atoms with Crippen LogP contribution in [0, 0.1) is 17.1 Å². The van der Waals surface area contributed by atoms with Crippen LogP contribution in [-0.2, 0) is 7.05 Å². The smallest absolute Gasteiger partial charge is 0.295 e. The molecule has 7 nitrogen and oxygen atoms in total. The fourth-order valence-electron chi connectivity index (χ4n) is 5.54. The molecule has 0 radical (unpaired) electrons. The Labute approximate surface area is 208 Å². The second-order valence-electron chi connectivity index (χ2n) is 9.18. The summed E-state index contributed by atoms with van der Waals surface area (Å²) in [6, 6.07) is 10.3. The zero-order valence-electron chi connectivity index (χ0n) is 20.0. The Morgan fingerprint density at radius 1 is 1.29 bits per heavy atom. The van der Waals surface area contributed by atoms with Crippen LogP contribution >= 0.6 is 11.6 Å². The lowest BCUT2D eigenvalue weighted by Crippen LogP contribution is -2.62. The van der Waals surface area contributed by atoms with E-state index in [4.69, 9.17) is 16.3 Å². The number of halogens is 2. The Balaban J connectivity index is 1.59. The van der Waals surface area contributed by atoms with Crippen molar-refractivity contribution in [2.75, 3.05) is 24.6 Å². The first kappa shape index (κ1) is 23.6. The van der Waals surface area contributed by atoms with E-state index in [-0.39, 0.29) is 40.9 Å². The molecule has 0 saturated carbocycles. The van der Waals surface area contributed by atoms with Crippen molar-refractivity contribution >= 4 is 28.3 Å². The van der Waals surface area contributed by atoms with Gasteiger partial charge in [0.1, 0.15) is 35.4 Å². The molecular formula is C26H27ClFN5O2. The Morgan fingerprint density at radius 3 is 2.77 bits per heavy atom. The van der Waals surface area contributed by atoms with Crippen molar-refractivity contribution in [1.29, 1.82) is 5.26 Å². The van der Waals surface area contributed by atoms with Crippen molar-refractivity contribution in [2.24, 2.45) is 7.05 Å². The van der Waals surface area contributed by atoms with Crippen LogP contribution in [0.5, 0.6) is 5.75 Å². The van der Waals surface area contributed by atoms with Gasteiger partial charge in [-0.3, -0.25) is 9.69 Å². The minimum Gasteiger partial charge on any atom is -0.484 e. The van der Waals surface area contributed by atoms with E-state index in [9.17, 15) is 14.4 Å². The van der Waals surface area contributed by atoms with Gasteiger partial charge in [-0.1, -0.05) is 31.5 Å². The highest BCUT2D eigenvalue weighted by molar-refractivity contribution is 6.30. The third kappa shape index (κ3) is 3.83. The third-order valence-electron chi connectivity index (χ3n) is 7.31. The molecule has 9 heteroatoms. The van der Waals surface area contributed by atoms with E-state index in [0.717, 1.165) is 12.8 Å². The van der Waals surface area contributed by atoms with Crippen LogP contribution in [0.3, 0.4) is 0 Å². The molecule has 1 saturated heterocycles. The molecular weight excluding hydrogens is 469 g/mol. The second-order valence-corrected chi connectivity index (χ2v) is 9.62. The quantitative estimate of drug-likeness (QED) is 0.533. The minimum atomic E-state index is -0.297. The molecule has 0 amide bonds. The number of aryl methyl sites for hydroxylation is 1. The lowest BCUT2D eigenvalue weighted by atomic mass is 9.94. The molecule has 0 spiro atoms. The first-order valence-electron chi connectivity index (χ1n) is 11.9. The maximum atomic E-state index is 14.9. The van der Waals surface area contributed by atoms with Crippen molar-refractivity contribution < 1.29 is 9.13 Å². The van der Waals surface area contributed by atoms with Gasteiger partial charge in [-0.25, -0.2) is 9.37 Å². The molecule has 2 aliphatic rings. The largest absolute Gasteiger partial charge is 0.484 e. The van der Waals surface area contributed by atoms with Crippen LogP contribution in [0.1, 0.15) is 44.0 Å². The number of nitrogens with zero attached hydrogens (tertiary/aromatic N) is 5. The molecule has 4 heterocycles. The monoisotopic (exact) mass is 495 g/mol. The number of hydrogen-bond donors (Lipinski definition) is 0. The average molecular weight is 496 g/mol. The molecule has 0 unspecified atom stereocenters. The molecule has 182 valence electrons. The van der Waals surface area contributed by atoms with Crippen molar-refractivity contribution in [3.8, 4) is 11.8 Å². The standard InChI is InChI=1S/C26H27ClFN5O2/c1-4-17-12-33-18(13-32(17)21(5-2)19-8-6-15(27)10-20(19)28)14-35-25-24(33)23-22(31(3)26(25)34)9-7-16(11-29)30-23/h6-10,17-18,21H,4-5,12-14H2,1-3H3/t17-,18+,21+/m1/s1. The van der Waals surface area contributed by atoms with Crippen molar-refractivity contribution in [3.63, 3.8) is 0 Å². The molecule has 35 heavy (non-hydrogen) atoms. The Hall–Kier alpha value is -3.15. The summed E-state index contributed by atoms with van der Waals surface area (Å²) in [5.74, 6) is -0.0208. The van der Waals surface area contributed by atoms with Crippen molar-refractivity contribution in [1.82, 2.24) is 14.5 Å². The molecule has 2 aliphatic heterocycles. The van der Waals surface area contributed by atoms with Gasteiger partial charge in [0.25, 0.3) is 5.56 Å². The van der Waals surface area contributed by atoms with Crippen LogP contribution in [-0.4, -0.2) is 46.2 Å². The van der Waals surface area contributed by atoms with Gasteiger partial charge in [0.2, 0.25) is 5.75 Å². The Kier molecular flexibility index (Phi) is 6.16. The highest BCUT2D eigenvalue weighted by atomic mass is 35.5. The maximum Gasteiger partial charge on any atom is 0.295 e. The summed E-state index contributed by atoms with van der Waals surface area (Å²) in [5.41, 5.74) is 2.60. The Morgan fingerprint density at radius 2 is 2.09 bits per heavy atom. The van der Waals surface area contributed by atoms with E-state index in [1.165, 1.54) is 10.6 Å². The third-order valence-corrected chi connectivity index (χ3v) is 7.55. The van der Waals surface area contributed by atoms with Gasteiger partial charge in [-0.2, -0.15) is 5.26 Å². The van der Waals surface area contributed by atoms with Gasteiger partial charge in [0, 0.05) is 42.8 Å². The van der Waals surface area contributed by atoms with E-state index in [2.05, 4.69) is 34.7 Å². The van der Waals surface area contributed by atoms with Gasteiger partial charge in [-0.05, 0) is 37.1 Å². The average Bonchev–Trinajstić information content (AvgIpc) is 2.87. The summed E-state index contributed by atoms with van der Waals surface area (Å²) >= 11 is 6.01. The van der Waals surface area contributed by atoms with Gasteiger partial charge >= 0.3 is 0 Å². The summed E-state index contributed by atoms with van der Waals surface area (Å²) in [5, 5.41) is 9.82. The summed E-state index contributed by atoms with van der Waals surface area (Å²) in [4.78, 5) is 22.3. The number of anilines is 1. The van der Waals surface area contributed by atoms with E-state index in [0.29, 0.717) is 47.0 Å². The van der Waals surface area contributed by atoms with Crippen LogP contribution in [0.25, 0.3) is 11.0 Å². The first-order valence-corrected chi connectivity index (χ1v) is 12.3. The topological polar surface area (TPSA) is 74.4 Å². The predicted octanol–water partition coefficient (Wildman–Crippen LogP) is 4.41. The lowest BCUT2D eigenvalue weighted by Gasteiger charge is -2.51. The fraction of sp³-hybridized carbons (Fsp3) is 0.423. The summed E-state index contributed by atoms with van der Waals surface area (Å²) in [6.45, 7) is 5.82. The SMILES string of the molecule is CC[C@@H]1CN2c3c(c(=O)n(C)c4ccc(C#N)nc34)OC[C@@H]2CN1[C@@H](CC)c1ccc(Cl)cc1F. The number of piperazine rings is 1. The fourth-order valence-corrected chi connectivity index (χ4v) is 5.70. The van der Waals surface area contributed by atoms with Gasteiger partial charge in [-0.15, -0.1) is 0 Å². The minimum absolute atomic E-state index is 0.0439. The number of ether oxygens (including phenoxy) is 1. The summed E-state index contributed by atoms with van der Waals surface area (Å²) < 4.78 is 22.5. The van der Waals surface area contributed by atoms with Crippen LogP contribution in [0.2, 0.25) is 5.02 Å². The maximum absolute atomic E-state index is 14.9. The van der Waals surface area contributed by atoms with Crippen LogP contribution in [0.4, 0.5) is 10.1 Å². The lowest BCUT2D eigenvalue weighted by molar-refractivity contribution is 0.0705. The van der Waals surface area contributed by atoms with Gasteiger partial charge in [0.05, 0.1) is 11.6 Å². The van der Waals surface area contributed by atoms with E-state index >= 15 is 0 Å². The van der Waals surface area contributed by atoms with Crippen LogP contribution < -0.4 is 15.2 Å². The molecule has 1 fully saturated rings. The van der Waals surface area contributed by atoms with E-state index in [1.54, 1.807) is 31.3 Å². The molecule has 0 bridgehead atoms. The zero-order valence-corrected chi connectivity index (χ0v) is 20.7. The number of aromatic nitrogens is 2. The first-order chi connectivity index (χ1) is 16.9. The highest BCUT2D eigenvalue weighted by Gasteiger charge is 2.42.